The van der Waals surface area contributed by atoms with Crippen LogP contribution in [0.25, 0.3) is 0 Å². The van der Waals surface area contributed by atoms with E-state index in [4.69, 9.17) is 9.47 Å². The molecule has 0 unspecified atom stereocenters. The Hall–Kier alpha value is -0.810. The van der Waals surface area contributed by atoms with Crippen LogP contribution in [0.4, 0.5) is 4.79 Å². The molecular formula is C13H26N2O3. The van der Waals surface area contributed by atoms with Gasteiger partial charge in [0.05, 0.1) is 0 Å². The number of carbonyl (C=O) groups excluding carboxylic acids is 1. The van der Waals surface area contributed by atoms with E-state index >= 15 is 0 Å². The van der Waals surface area contributed by atoms with Crippen molar-refractivity contribution >= 4 is 6.09 Å². The topological polar surface area (TPSA) is 59.6 Å². The minimum atomic E-state index is -0.459. The molecule has 1 aliphatic heterocycles. The maximum absolute atomic E-state index is 11.9. The Morgan fingerprint density at radius 2 is 1.94 bits per heavy atom. The Morgan fingerprint density at radius 3 is 2.44 bits per heavy atom. The van der Waals surface area contributed by atoms with Crippen molar-refractivity contribution in [1.29, 1.82) is 0 Å². The first kappa shape index (κ1) is 15.2. The quantitative estimate of drug-likeness (QED) is 0.805. The minimum absolute atomic E-state index is 0.191. The molecule has 18 heavy (non-hydrogen) atoms. The van der Waals surface area contributed by atoms with Crippen LogP contribution >= 0.6 is 0 Å². The lowest BCUT2D eigenvalue weighted by molar-refractivity contribution is 0.0393. The number of amides is 1. The molecule has 1 heterocycles. The molecule has 0 aromatic carbocycles. The van der Waals surface area contributed by atoms with Crippen molar-refractivity contribution in [1.82, 2.24) is 10.6 Å². The van der Waals surface area contributed by atoms with E-state index in [-0.39, 0.29) is 11.6 Å². The molecule has 0 aromatic heterocycles. The summed E-state index contributed by atoms with van der Waals surface area (Å²) in [6.45, 7) is 8.10. The highest BCUT2D eigenvalue weighted by atomic mass is 16.6. The molecule has 0 saturated carbocycles. The highest BCUT2D eigenvalue weighted by Gasteiger charge is 2.34. The Bertz CT molecular complexity index is 268. The number of carbonyl (C=O) groups is 1. The number of hydrogen-bond donors (Lipinski definition) is 2. The lowest BCUT2D eigenvalue weighted by atomic mass is 9.85. The molecular weight excluding hydrogens is 232 g/mol. The van der Waals surface area contributed by atoms with Crippen LogP contribution in [0.3, 0.4) is 0 Å². The van der Waals surface area contributed by atoms with E-state index in [9.17, 15) is 4.79 Å². The second kappa shape index (κ2) is 6.38. The maximum Gasteiger partial charge on any atom is 0.408 e. The Labute approximate surface area is 110 Å². The van der Waals surface area contributed by atoms with Gasteiger partial charge in [-0.15, -0.1) is 0 Å². The van der Waals surface area contributed by atoms with Crippen molar-refractivity contribution in [2.24, 2.45) is 0 Å². The molecule has 0 aromatic rings. The number of nitrogens with one attached hydrogen (secondary N) is 2. The first-order valence-electron chi connectivity index (χ1n) is 6.58. The number of piperidine rings is 1. The number of rotatable bonds is 4. The second-order valence-corrected chi connectivity index (χ2v) is 5.90. The van der Waals surface area contributed by atoms with Crippen molar-refractivity contribution in [2.75, 3.05) is 26.8 Å². The number of ether oxygens (including phenoxy) is 2. The zero-order valence-corrected chi connectivity index (χ0v) is 12.0. The summed E-state index contributed by atoms with van der Waals surface area (Å²) in [5, 5.41) is 6.35. The lowest BCUT2D eigenvalue weighted by Crippen LogP contribution is -2.55. The minimum Gasteiger partial charge on any atom is -0.444 e. The van der Waals surface area contributed by atoms with E-state index in [2.05, 4.69) is 10.6 Å². The Balaban J connectivity index is 2.57. The number of alkyl carbamates (subject to hydrolysis) is 1. The van der Waals surface area contributed by atoms with Crippen LogP contribution in [0, 0.1) is 0 Å². The molecule has 5 heteroatoms. The van der Waals surface area contributed by atoms with Crippen LogP contribution < -0.4 is 10.6 Å². The lowest BCUT2D eigenvalue weighted by Gasteiger charge is -2.38. The molecule has 2 N–H and O–H groups in total. The van der Waals surface area contributed by atoms with E-state index in [1.807, 2.05) is 20.8 Å². The van der Waals surface area contributed by atoms with Crippen molar-refractivity contribution in [3.63, 3.8) is 0 Å². The molecule has 1 fully saturated rings. The maximum atomic E-state index is 11.9. The number of methoxy groups -OCH3 is 1. The van der Waals surface area contributed by atoms with Crippen molar-refractivity contribution in [3.05, 3.63) is 0 Å². The molecule has 0 bridgehead atoms. The molecule has 0 radical (unpaired) electrons. The predicted molar refractivity (Wildman–Crippen MR) is 70.7 cm³/mol. The van der Waals surface area contributed by atoms with Gasteiger partial charge in [0.25, 0.3) is 0 Å². The number of hydrogen-bond acceptors (Lipinski definition) is 4. The average molecular weight is 258 g/mol. The standard InChI is InChI=1S/C13H26N2O3/c1-12(2,3)18-11(16)15-13(7-10-17-4)5-8-14-9-6-13/h14H,5-10H2,1-4H3,(H,15,16). The summed E-state index contributed by atoms with van der Waals surface area (Å²) in [5.74, 6) is 0. The van der Waals surface area contributed by atoms with Crippen LogP contribution in [0.15, 0.2) is 0 Å². The predicted octanol–water partition coefficient (Wildman–Crippen LogP) is 1.67. The summed E-state index contributed by atoms with van der Waals surface area (Å²) in [6.07, 6.45) is 2.32. The van der Waals surface area contributed by atoms with Crippen LogP contribution in [0.5, 0.6) is 0 Å². The fourth-order valence-electron chi connectivity index (χ4n) is 2.16. The van der Waals surface area contributed by atoms with Crippen molar-refractivity contribution in [2.45, 2.75) is 51.2 Å². The van der Waals surface area contributed by atoms with Gasteiger partial charge in [0.1, 0.15) is 5.60 Å². The molecule has 106 valence electrons. The first-order valence-corrected chi connectivity index (χ1v) is 6.58. The van der Waals surface area contributed by atoms with Crippen LogP contribution in [0.2, 0.25) is 0 Å². The van der Waals surface area contributed by atoms with E-state index in [0.29, 0.717) is 6.61 Å². The van der Waals surface area contributed by atoms with E-state index in [1.165, 1.54) is 0 Å². The third-order valence-corrected chi connectivity index (χ3v) is 3.11. The molecule has 1 rings (SSSR count). The largest absolute Gasteiger partial charge is 0.444 e. The fraction of sp³-hybridized carbons (Fsp3) is 0.923. The summed E-state index contributed by atoms with van der Waals surface area (Å²) >= 11 is 0. The second-order valence-electron chi connectivity index (χ2n) is 5.90. The Morgan fingerprint density at radius 1 is 1.33 bits per heavy atom. The molecule has 1 amide bonds. The van der Waals surface area contributed by atoms with Crippen molar-refractivity contribution in [3.8, 4) is 0 Å². The SMILES string of the molecule is COCCC1(NC(=O)OC(C)(C)C)CCNCC1. The van der Waals surface area contributed by atoms with Crippen LogP contribution in [-0.2, 0) is 9.47 Å². The van der Waals surface area contributed by atoms with Gasteiger partial charge in [-0.25, -0.2) is 4.79 Å². The van der Waals surface area contributed by atoms with Gasteiger partial charge in [-0.2, -0.15) is 0 Å². The zero-order chi connectivity index (χ0) is 13.6. The van der Waals surface area contributed by atoms with Gasteiger partial charge in [-0.05, 0) is 53.1 Å². The van der Waals surface area contributed by atoms with Gasteiger partial charge < -0.3 is 20.1 Å². The van der Waals surface area contributed by atoms with Crippen LogP contribution in [0.1, 0.15) is 40.0 Å². The Kier molecular flexibility index (Phi) is 5.41. The van der Waals surface area contributed by atoms with Crippen LogP contribution in [-0.4, -0.2) is 44.0 Å². The molecule has 1 saturated heterocycles. The summed E-state index contributed by atoms with van der Waals surface area (Å²) in [5.41, 5.74) is -0.650. The highest BCUT2D eigenvalue weighted by molar-refractivity contribution is 5.68. The fourth-order valence-corrected chi connectivity index (χ4v) is 2.16. The molecule has 0 aliphatic carbocycles. The summed E-state index contributed by atoms with van der Waals surface area (Å²) in [7, 11) is 1.68. The third kappa shape index (κ3) is 5.23. The summed E-state index contributed by atoms with van der Waals surface area (Å²) in [4.78, 5) is 11.9. The monoisotopic (exact) mass is 258 g/mol. The van der Waals surface area contributed by atoms with E-state index in [1.54, 1.807) is 7.11 Å². The molecule has 0 atom stereocenters. The third-order valence-electron chi connectivity index (χ3n) is 3.11. The van der Waals surface area contributed by atoms with Gasteiger partial charge >= 0.3 is 6.09 Å². The van der Waals surface area contributed by atoms with E-state index in [0.717, 1.165) is 32.4 Å². The smallest absolute Gasteiger partial charge is 0.408 e. The molecule has 5 nitrogen and oxygen atoms in total. The zero-order valence-electron chi connectivity index (χ0n) is 12.0. The first-order chi connectivity index (χ1) is 8.37. The van der Waals surface area contributed by atoms with Gasteiger partial charge in [-0.3, -0.25) is 0 Å². The van der Waals surface area contributed by atoms with Gasteiger partial charge in [0.15, 0.2) is 0 Å². The molecule has 0 spiro atoms. The summed E-state index contributed by atoms with van der Waals surface area (Å²) < 4.78 is 10.5. The van der Waals surface area contributed by atoms with Crippen molar-refractivity contribution < 1.29 is 14.3 Å². The van der Waals surface area contributed by atoms with E-state index < -0.39 is 5.60 Å². The average Bonchev–Trinajstić information content (AvgIpc) is 2.25. The summed E-state index contributed by atoms with van der Waals surface area (Å²) in [6, 6.07) is 0. The van der Waals surface area contributed by atoms with Gasteiger partial charge in [0, 0.05) is 19.3 Å². The normalized spacial score (nSPS) is 19.3. The van der Waals surface area contributed by atoms with Gasteiger partial charge in [-0.1, -0.05) is 0 Å². The molecule has 1 aliphatic rings. The highest BCUT2D eigenvalue weighted by Crippen LogP contribution is 2.23. The van der Waals surface area contributed by atoms with Gasteiger partial charge in [0.2, 0.25) is 0 Å².